The number of phenolic OH excluding ortho intramolecular Hbond substituents is 1. The van der Waals surface area contributed by atoms with E-state index in [1.165, 1.54) is 42.5 Å². The predicted molar refractivity (Wildman–Crippen MR) is 163 cm³/mol. The molecule has 0 spiro atoms. The van der Waals surface area contributed by atoms with E-state index in [1.807, 2.05) is 0 Å². The lowest BCUT2D eigenvalue weighted by molar-refractivity contribution is -0.127. The number of hydrogen-bond acceptors (Lipinski definition) is 10. The average molecular weight is 637 g/mol. The van der Waals surface area contributed by atoms with Crippen LogP contribution >= 0.6 is 0 Å². The van der Waals surface area contributed by atoms with Crippen LogP contribution in [0.1, 0.15) is 65.2 Å². The van der Waals surface area contributed by atoms with Gasteiger partial charge in [-0.15, -0.1) is 0 Å². The highest BCUT2D eigenvalue weighted by Crippen LogP contribution is 2.41. The van der Waals surface area contributed by atoms with E-state index >= 15 is 0 Å². The van der Waals surface area contributed by atoms with Gasteiger partial charge in [0.05, 0.1) is 41.3 Å². The minimum atomic E-state index is -1.40. The number of carboxylic acid groups (broad SMARTS) is 1. The molecule has 0 aliphatic carbocycles. The molecule has 1 aliphatic heterocycles. The molecule has 0 saturated carbocycles. The van der Waals surface area contributed by atoms with E-state index in [0.29, 0.717) is 0 Å². The zero-order valence-electron chi connectivity index (χ0n) is 25.2. The number of phenols is 2. The molecule has 3 aromatic carbocycles. The summed E-state index contributed by atoms with van der Waals surface area (Å²) in [4.78, 5) is 66.7. The van der Waals surface area contributed by atoms with Crippen LogP contribution in [0.3, 0.4) is 0 Å². The Kier molecular flexibility index (Phi) is 9.66. The average Bonchev–Trinajstić information content (AvgIpc) is 3.38. The summed E-state index contributed by atoms with van der Waals surface area (Å²) in [6.07, 6.45) is -2.28. The lowest BCUT2D eigenvalue weighted by Crippen LogP contribution is -2.30. The van der Waals surface area contributed by atoms with E-state index in [-0.39, 0.29) is 46.1 Å². The molecule has 7 N–H and O–H groups in total. The number of nitrogens with one attached hydrogen (secondary N) is 2. The number of aromatic hydroxyl groups is 2. The fraction of sp³-hybridized carbons (Fsp3) is 0.258. The Morgan fingerprint density at radius 2 is 1.33 bits per heavy atom. The van der Waals surface area contributed by atoms with Crippen molar-refractivity contribution in [1.82, 2.24) is 0 Å². The molecule has 4 rings (SSSR count). The summed E-state index contributed by atoms with van der Waals surface area (Å²) in [6.45, 7) is 6.63. The van der Waals surface area contributed by atoms with Crippen LogP contribution in [0.2, 0.25) is 0 Å². The Bertz CT molecular complexity index is 1700. The molecule has 1 fully saturated rings. The molecule has 0 bridgehead atoms. The number of nitrogens with zero attached hydrogens (tertiary/aromatic N) is 1. The number of hydroxylamine groups is 1. The van der Waals surface area contributed by atoms with Crippen molar-refractivity contribution >= 4 is 46.7 Å². The highest BCUT2D eigenvalue weighted by atomic mass is 16.7. The minimum Gasteiger partial charge on any atom is -0.504 e. The first-order valence-electron chi connectivity index (χ1n) is 14.0. The van der Waals surface area contributed by atoms with Crippen LogP contribution in [0, 0.1) is 0 Å². The third-order valence-corrected chi connectivity index (χ3v) is 6.44. The van der Waals surface area contributed by atoms with Gasteiger partial charge in [-0.2, -0.15) is 5.06 Å². The van der Waals surface area contributed by atoms with E-state index in [1.54, 1.807) is 27.7 Å². The topological polar surface area (TPSA) is 227 Å². The molecule has 1 unspecified atom stereocenters. The summed E-state index contributed by atoms with van der Waals surface area (Å²) < 4.78 is 11.3. The lowest BCUT2D eigenvalue weighted by Gasteiger charge is -2.20. The van der Waals surface area contributed by atoms with E-state index in [0.717, 1.165) is 11.1 Å². The summed E-state index contributed by atoms with van der Waals surface area (Å²) >= 11 is 0. The minimum absolute atomic E-state index is 0.0338. The number of aromatic carboxylic acids is 1. The van der Waals surface area contributed by atoms with Crippen LogP contribution in [-0.4, -0.2) is 63.2 Å². The van der Waals surface area contributed by atoms with Crippen molar-refractivity contribution in [3.05, 3.63) is 65.2 Å². The smallest absolute Gasteiger partial charge is 0.339 e. The fourth-order valence-electron chi connectivity index (χ4n) is 4.36. The number of anilines is 3. The Hall–Kier alpha value is -5.83. The molecule has 46 heavy (non-hydrogen) atoms. The van der Waals surface area contributed by atoms with Gasteiger partial charge in [-0.1, -0.05) is 0 Å². The van der Waals surface area contributed by atoms with Gasteiger partial charge in [-0.05, 0) is 76.2 Å². The van der Waals surface area contributed by atoms with Crippen molar-refractivity contribution in [2.75, 3.05) is 15.7 Å². The van der Waals surface area contributed by atoms with Gasteiger partial charge in [-0.3, -0.25) is 24.0 Å². The highest BCUT2D eigenvalue weighted by Gasteiger charge is 2.36. The van der Waals surface area contributed by atoms with Gasteiger partial charge in [0.2, 0.25) is 5.91 Å². The number of carbonyl (C=O) groups is 5. The molecule has 0 aromatic heterocycles. The van der Waals surface area contributed by atoms with Crippen LogP contribution in [0.4, 0.5) is 17.1 Å². The van der Waals surface area contributed by atoms with Crippen LogP contribution < -0.4 is 30.9 Å². The predicted octanol–water partition coefficient (Wildman–Crippen LogP) is 3.40. The first-order chi connectivity index (χ1) is 21.7. The lowest BCUT2D eigenvalue weighted by atomic mass is 10.1. The summed E-state index contributed by atoms with van der Waals surface area (Å²) in [5.41, 5.74) is 4.92. The number of ether oxygens (including phenoxy) is 2. The van der Waals surface area contributed by atoms with Crippen molar-refractivity contribution < 1.29 is 53.6 Å². The Balaban J connectivity index is 1.58. The number of amides is 4. The molecule has 242 valence electrons. The third kappa shape index (κ3) is 7.10. The van der Waals surface area contributed by atoms with Gasteiger partial charge in [0.15, 0.2) is 29.1 Å². The summed E-state index contributed by atoms with van der Waals surface area (Å²) in [5, 5.41) is 37.0. The molecular formula is C31H32N4O11. The van der Waals surface area contributed by atoms with Crippen LogP contribution in [0.25, 0.3) is 0 Å². The molecule has 1 aliphatic rings. The second-order valence-electron chi connectivity index (χ2n) is 10.7. The second kappa shape index (κ2) is 13.4. The molecule has 3 aromatic rings. The Morgan fingerprint density at radius 3 is 1.80 bits per heavy atom. The molecular weight excluding hydrogens is 604 g/mol. The van der Waals surface area contributed by atoms with Gasteiger partial charge in [0.1, 0.15) is 5.56 Å². The maximum absolute atomic E-state index is 13.3. The van der Waals surface area contributed by atoms with Crippen LogP contribution in [0.5, 0.6) is 23.0 Å². The number of rotatable bonds is 11. The zero-order valence-corrected chi connectivity index (χ0v) is 25.2. The van der Waals surface area contributed by atoms with E-state index < -0.39 is 65.0 Å². The number of carbonyl (C=O) groups excluding carboxylic acids is 4. The van der Waals surface area contributed by atoms with Crippen molar-refractivity contribution in [3.8, 4) is 23.0 Å². The van der Waals surface area contributed by atoms with Crippen molar-refractivity contribution in [2.45, 2.75) is 52.4 Å². The highest BCUT2D eigenvalue weighted by molar-refractivity contribution is 6.10. The second-order valence-corrected chi connectivity index (χ2v) is 10.7. The largest absolute Gasteiger partial charge is 0.504 e. The van der Waals surface area contributed by atoms with Gasteiger partial charge >= 0.3 is 5.97 Å². The number of carboxylic acids is 1. The Labute approximate surface area is 262 Å². The summed E-state index contributed by atoms with van der Waals surface area (Å²) in [7, 11) is 0. The number of nitrogens with two attached hydrogens (primary N) is 1. The standard InChI is InChI=1S/C31H32N4O11/c1-14(2)44-26-20(33-29(40)16-5-7-17(8-6-16)35-23(36)13-22(46-35)28(32)39)11-9-18(24(26)37)30(41)34-21-12-10-19(31(42)43)25(38)27(21)45-15(3)4/h5-12,14-15,22,37-38H,13H2,1-4H3,(H2,32,39)(H,33,40)(H,34,41)(H,42,43). The maximum Gasteiger partial charge on any atom is 0.339 e. The van der Waals surface area contributed by atoms with Gasteiger partial charge < -0.3 is 41.2 Å². The van der Waals surface area contributed by atoms with Gasteiger partial charge in [0.25, 0.3) is 17.7 Å². The normalized spacial score (nSPS) is 14.3. The molecule has 15 heteroatoms. The van der Waals surface area contributed by atoms with Gasteiger partial charge in [0, 0.05) is 5.56 Å². The molecule has 0 radical (unpaired) electrons. The molecule has 1 atom stereocenters. The fourth-order valence-corrected chi connectivity index (χ4v) is 4.36. The van der Waals surface area contributed by atoms with Crippen LogP contribution in [-0.2, 0) is 14.4 Å². The first-order valence-corrected chi connectivity index (χ1v) is 14.0. The summed E-state index contributed by atoms with van der Waals surface area (Å²) in [6, 6.07) is 10.6. The van der Waals surface area contributed by atoms with Gasteiger partial charge in [-0.25, -0.2) is 4.79 Å². The van der Waals surface area contributed by atoms with Crippen molar-refractivity contribution in [3.63, 3.8) is 0 Å². The molecule has 4 amide bonds. The number of primary amides is 1. The van der Waals surface area contributed by atoms with Crippen molar-refractivity contribution in [1.29, 1.82) is 0 Å². The number of hydrogen-bond donors (Lipinski definition) is 6. The first kappa shape index (κ1) is 33.1. The Morgan fingerprint density at radius 1 is 0.826 bits per heavy atom. The quantitative estimate of drug-likeness (QED) is 0.179. The van der Waals surface area contributed by atoms with Crippen LogP contribution in [0.15, 0.2) is 48.5 Å². The zero-order chi connectivity index (χ0) is 33.9. The number of benzene rings is 3. The molecule has 1 heterocycles. The van der Waals surface area contributed by atoms with E-state index in [9.17, 15) is 39.3 Å². The monoisotopic (exact) mass is 636 g/mol. The molecule has 1 saturated heterocycles. The SMILES string of the molecule is CC(C)Oc1c(NC(=O)c2ccc(NC(=O)c3ccc(N4OC(C(N)=O)CC4=O)cc3)c(OC(C)C)c2O)ccc(C(=O)O)c1O. The third-order valence-electron chi connectivity index (χ3n) is 6.44. The molecule has 15 nitrogen and oxygen atoms in total. The maximum atomic E-state index is 13.3. The van der Waals surface area contributed by atoms with Crippen molar-refractivity contribution in [2.24, 2.45) is 5.73 Å². The van der Waals surface area contributed by atoms with E-state index in [4.69, 9.17) is 20.0 Å². The summed E-state index contributed by atoms with van der Waals surface area (Å²) in [5.74, 6) is -5.91. The van der Waals surface area contributed by atoms with E-state index in [2.05, 4.69) is 10.6 Å².